The van der Waals surface area contributed by atoms with Gasteiger partial charge in [-0.15, -0.1) is 0 Å². The maximum atomic E-state index is 15.4. The first-order valence-corrected chi connectivity index (χ1v) is 23.1. The summed E-state index contributed by atoms with van der Waals surface area (Å²) in [5.74, 6) is -0.329. The molecule has 1 aliphatic carbocycles. The number of amides is 1. The highest BCUT2D eigenvalue weighted by atomic mass is 16.6. The molecule has 2 fully saturated rings. The Morgan fingerprint density at radius 1 is 1.05 bits per heavy atom. The van der Waals surface area contributed by atoms with E-state index in [1.54, 1.807) is 7.11 Å². The zero-order chi connectivity index (χ0) is 44.5. The number of aliphatic hydroxyl groups is 1. The van der Waals surface area contributed by atoms with Gasteiger partial charge in [-0.2, -0.15) is 0 Å². The van der Waals surface area contributed by atoms with Crippen molar-refractivity contribution < 1.29 is 38.4 Å². The molecular weight excluding hydrogens is 799 g/mol. The van der Waals surface area contributed by atoms with Crippen molar-refractivity contribution in [3.8, 4) is 5.75 Å². The highest BCUT2D eigenvalue weighted by Crippen LogP contribution is 2.68. The predicted octanol–water partition coefficient (Wildman–Crippen LogP) is 6.15. The molecule has 6 aliphatic rings. The second-order valence-electron chi connectivity index (χ2n) is 19.0. The molecule has 1 unspecified atom stereocenters. The fraction of sp³-hybridized carbons (Fsp3) is 0.580. The zero-order valence-corrected chi connectivity index (χ0v) is 38.1. The molecule has 2 bridgehead atoms. The molecule has 13 nitrogen and oxygen atoms in total. The van der Waals surface area contributed by atoms with Gasteiger partial charge in [0.1, 0.15) is 23.9 Å². The molecule has 1 saturated heterocycles. The van der Waals surface area contributed by atoms with Crippen LogP contribution in [-0.4, -0.2) is 129 Å². The van der Waals surface area contributed by atoms with E-state index in [2.05, 4.69) is 81.3 Å². The molecule has 338 valence electrons. The van der Waals surface area contributed by atoms with Crippen molar-refractivity contribution in [3.63, 3.8) is 0 Å². The summed E-state index contributed by atoms with van der Waals surface area (Å²) >= 11 is 0. The number of hydrogen-bond acceptors (Lipinski definition) is 11. The van der Waals surface area contributed by atoms with E-state index in [4.69, 9.17) is 18.9 Å². The lowest BCUT2D eigenvalue weighted by molar-refractivity contribution is -0.228. The number of aromatic amines is 1. The van der Waals surface area contributed by atoms with Crippen LogP contribution in [0.2, 0.25) is 0 Å². The monoisotopic (exact) mass is 863 g/mol. The number of alkyl carbamates (subject to hydrolysis) is 1. The summed E-state index contributed by atoms with van der Waals surface area (Å²) < 4.78 is 24.8. The number of carbonyl (C=O) groups is 3. The zero-order valence-electron chi connectivity index (χ0n) is 38.1. The number of anilines is 1. The van der Waals surface area contributed by atoms with Gasteiger partial charge in [-0.1, -0.05) is 69.2 Å². The highest BCUT2D eigenvalue weighted by Gasteiger charge is 2.78. The number of hydrogen-bond donors (Lipinski definition) is 3. The number of unbranched alkanes of at least 4 members (excludes halogenated alkanes) is 1. The van der Waals surface area contributed by atoms with Gasteiger partial charge in [0.15, 0.2) is 5.60 Å². The Hall–Kier alpha value is -4.85. The predicted molar refractivity (Wildman–Crippen MR) is 241 cm³/mol. The number of nitrogens with one attached hydrogen (secondary N) is 2. The van der Waals surface area contributed by atoms with Gasteiger partial charge in [0.05, 0.1) is 20.3 Å². The second kappa shape index (κ2) is 16.3. The van der Waals surface area contributed by atoms with Crippen LogP contribution >= 0.6 is 0 Å². The van der Waals surface area contributed by atoms with Crippen LogP contribution in [0.4, 0.5) is 10.5 Å². The smallest absolute Gasteiger partial charge is 0.407 e. The lowest BCUT2D eigenvalue weighted by atomic mass is 9.47. The molecule has 1 aromatic heterocycles. The van der Waals surface area contributed by atoms with Crippen LogP contribution in [0.25, 0.3) is 10.9 Å². The maximum absolute atomic E-state index is 15.4. The molecule has 9 atom stereocenters. The molecule has 1 spiro atoms. The SMILES string of the molecule is CCCCNC(=O)OC[C@@]1(O)[C@H](OC(C)=O)[C@]2(CC)C=CCN3CC[C@@]4(c5cc([C@@]6(C(=O)OC)C[C@@H]7C=C(CC)CN(CCc8c6[nH]c6ccccc86)C7)c(OC)cc5N(C)[C@@H]14)[C@@H]32. The Morgan fingerprint density at radius 2 is 1.86 bits per heavy atom. The van der Waals surface area contributed by atoms with Crippen molar-refractivity contribution in [2.75, 3.05) is 72.0 Å². The number of ether oxygens (including phenoxy) is 4. The van der Waals surface area contributed by atoms with Crippen molar-refractivity contribution >= 4 is 34.6 Å². The van der Waals surface area contributed by atoms with Gasteiger partial charge in [0, 0.05) is 97.5 Å². The van der Waals surface area contributed by atoms with E-state index in [0.29, 0.717) is 43.7 Å². The molecule has 6 heterocycles. The van der Waals surface area contributed by atoms with Gasteiger partial charge in [-0.25, -0.2) is 4.79 Å². The van der Waals surface area contributed by atoms with Gasteiger partial charge in [0.25, 0.3) is 0 Å². The van der Waals surface area contributed by atoms with Crippen LogP contribution in [-0.2, 0) is 41.1 Å². The van der Waals surface area contributed by atoms with Crippen molar-refractivity contribution in [2.45, 2.75) is 107 Å². The second-order valence-corrected chi connectivity index (χ2v) is 19.0. The first kappa shape index (κ1) is 43.4. The van der Waals surface area contributed by atoms with Crippen molar-refractivity contribution in [1.82, 2.24) is 20.1 Å². The number of benzene rings is 2. The van der Waals surface area contributed by atoms with E-state index in [9.17, 15) is 14.7 Å². The molecule has 13 heteroatoms. The summed E-state index contributed by atoms with van der Waals surface area (Å²) in [4.78, 5) is 52.9. The summed E-state index contributed by atoms with van der Waals surface area (Å²) in [7, 11) is 5.10. The average Bonchev–Trinajstić information content (AvgIpc) is 3.95. The van der Waals surface area contributed by atoms with Crippen LogP contribution in [0.15, 0.2) is 60.2 Å². The number of esters is 2. The topological polar surface area (TPSA) is 146 Å². The third-order valence-electron chi connectivity index (χ3n) is 15.9. The molecule has 3 N–H and O–H groups in total. The number of para-hydroxylation sites is 1. The number of methoxy groups -OCH3 is 2. The molecule has 5 aliphatic heterocycles. The van der Waals surface area contributed by atoms with E-state index in [1.807, 2.05) is 26.1 Å². The highest BCUT2D eigenvalue weighted by molar-refractivity contribution is 5.94. The van der Waals surface area contributed by atoms with Gasteiger partial charge in [-0.3, -0.25) is 19.4 Å². The molecule has 9 rings (SSSR count). The lowest BCUT2D eigenvalue weighted by Gasteiger charge is -2.64. The number of aromatic nitrogens is 1. The van der Waals surface area contributed by atoms with E-state index in [0.717, 1.165) is 85.3 Å². The summed E-state index contributed by atoms with van der Waals surface area (Å²) in [6.07, 6.45) is 9.96. The molecule has 1 amide bonds. The summed E-state index contributed by atoms with van der Waals surface area (Å²) in [6.45, 7) is 11.7. The Kier molecular flexibility index (Phi) is 11.2. The Bertz CT molecular complexity index is 2360. The van der Waals surface area contributed by atoms with Gasteiger partial charge < -0.3 is 39.3 Å². The third kappa shape index (κ3) is 6.37. The fourth-order valence-corrected chi connectivity index (χ4v) is 13.6. The van der Waals surface area contributed by atoms with Crippen molar-refractivity contribution in [1.29, 1.82) is 0 Å². The quantitative estimate of drug-likeness (QED) is 0.0884. The molecular formula is C50H65N5O8. The fourth-order valence-electron chi connectivity index (χ4n) is 13.6. The lowest BCUT2D eigenvalue weighted by Crippen LogP contribution is -2.80. The number of likely N-dealkylation sites (N-methyl/N-ethyl adjacent to an activating group) is 1. The number of nitrogens with zero attached hydrogens (tertiary/aromatic N) is 3. The largest absolute Gasteiger partial charge is 0.496 e. The number of rotatable bonds is 11. The van der Waals surface area contributed by atoms with Crippen LogP contribution in [0.3, 0.4) is 0 Å². The van der Waals surface area contributed by atoms with Gasteiger partial charge in [-0.05, 0) is 74.2 Å². The van der Waals surface area contributed by atoms with Crippen molar-refractivity contribution in [2.24, 2.45) is 11.3 Å². The summed E-state index contributed by atoms with van der Waals surface area (Å²) in [6, 6.07) is 11.6. The molecule has 3 aromatic rings. The Labute approximate surface area is 371 Å². The minimum atomic E-state index is -1.88. The standard InChI is InChI=1S/C50H65N5O8/c1-8-11-20-51-46(58)62-30-50(59)43-48(19-23-55-21-14-18-47(10-3,42(48)55)44(50)63-31(4)56)36-25-37(40(60-6)26-39(36)53(43)5)49(45(57)61-7)27-33-24-32(9-2)28-54(29-33)22-17-35-34-15-12-13-16-38(34)52-41(35)49/h12-16,18,24-26,33,42-44,52,59H,8-11,17,19-23,27-30H2,1-7H3,(H,51,58)/t33-,42-,43+,44+,47+,48+,49-,50-/m0/s1. The van der Waals surface area contributed by atoms with E-state index in [-0.39, 0.29) is 17.9 Å². The van der Waals surface area contributed by atoms with Crippen LogP contribution in [0.1, 0.15) is 88.6 Å². The molecule has 2 aromatic carbocycles. The van der Waals surface area contributed by atoms with E-state index < -0.39 is 52.7 Å². The van der Waals surface area contributed by atoms with Gasteiger partial charge >= 0.3 is 18.0 Å². The third-order valence-corrected chi connectivity index (χ3v) is 15.9. The first-order valence-electron chi connectivity index (χ1n) is 23.1. The normalized spacial score (nSPS) is 32.9. The van der Waals surface area contributed by atoms with E-state index >= 15 is 4.79 Å². The summed E-state index contributed by atoms with van der Waals surface area (Å²) in [5, 5.41) is 17.7. The molecule has 1 saturated carbocycles. The number of carbonyl (C=O) groups excluding carboxylic acids is 3. The van der Waals surface area contributed by atoms with Crippen LogP contribution in [0.5, 0.6) is 5.75 Å². The van der Waals surface area contributed by atoms with Crippen LogP contribution in [0, 0.1) is 11.3 Å². The average molecular weight is 864 g/mol. The molecule has 63 heavy (non-hydrogen) atoms. The number of H-pyrrole nitrogens is 1. The van der Waals surface area contributed by atoms with Gasteiger partial charge in [0.2, 0.25) is 0 Å². The molecule has 0 radical (unpaired) electrons. The minimum Gasteiger partial charge on any atom is -0.496 e. The maximum Gasteiger partial charge on any atom is 0.407 e. The van der Waals surface area contributed by atoms with Crippen LogP contribution < -0.4 is 15.0 Å². The Morgan fingerprint density at radius 3 is 2.59 bits per heavy atom. The Balaban J connectivity index is 1.31. The van der Waals surface area contributed by atoms with E-state index in [1.165, 1.54) is 19.6 Å². The summed E-state index contributed by atoms with van der Waals surface area (Å²) in [5.41, 5.74) is 1.91. The first-order chi connectivity index (χ1) is 30.4. The number of fused-ring (bicyclic) bond motifs is 6. The minimum absolute atomic E-state index is 0.0276. The van der Waals surface area contributed by atoms with Crippen molar-refractivity contribution in [3.05, 3.63) is 82.6 Å².